The van der Waals surface area contributed by atoms with Crippen molar-refractivity contribution in [1.29, 1.82) is 0 Å². The van der Waals surface area contributed by atoms with Gasteiger partial charge in [-0.15, -0.1) is 0 Å². The van der Waals surface area contributed by atoms with Crippen molar-refractivity contribution in [2.24, 2.45) is 0 Å². The number of benzene rings is 1. The number of aromatic nitrogens is 1. The molecule has 3 rings (SSSR count). The number of likely N-dealkylation sites (tertiary alicyclic amines) is 1. The Kier molecular flexibility index (Phi) is 6.39. The van der Waals surface area contributed by atoms with E-state index in [1.807, 2.05) is 48.2 Å². The molecule has 2 heterocycles. The maximum absolute atomic E-state index is 12.6. The van der Waals surface area contributed by atoms with Crippen LogP contribution in [0.3, 0.4) is 0 Å². The number of nitrogens with zero attached hydrogens (tertiary/aromatic N) is 2. The normalized spacial score (nSPS) is 14.9. The molecule has 1 aliphatic rings. The Bertz CT molecular complexity index is 839. The molecule has 0 spiro atoms. The van der Waals surface area contributed by atoms with Crippen LogP contribution in [0.15, 0.2) is 48.7 Å². The number of carbonyl (C=O) groups excluding carboxylic acids is 2. The van der Waals surface area contributed by atoms with Gasteiger partial charge in [0, 0.05) is 37.0 Å². The average Bonchev–Trinajstić information content (AvgIpc) is 2.73. The van der Waals surface area contributed by atoms with Crippen LogP contribution in [-0.4, -0.2) is 46.0 Å². The van der Waals surface area contributed by atoms with Crippen LogP contribution < -0.4 is 10.8 Å². The summed E-state index contributed by atoms with van der Waals surface area (Å²) in [7, 11) is 0. The topological polar surface area (TPSA) is 94.6 Å². The second-order valence-electron chi connectivity index (χ2n) is 6.86. The third kappa shape index (κ3) is 5.17. The molecular formula is C21H24N4O3. The quantitative estimate of drug-likeness (QED) is 0.421. The number of piperidine rings is 1. The molecule has 146 valence electrons. The van der Waals surface area contributed by atoms with Crippen molar-refractivity contribution in [2.75, 3.05) is 18.4 Å². The number of carbonyl (C=O) groups is 2. The number of nitrogens with one attached hydrogen (secondary N) is 2. The van der Waals surface area contributed by atoms with Crippen molar-refractivity contribution in [3.05, 3.63) is 65.4 Å². The van der Waals surface area contributed by atoms with Crippen LogP contribution in [0.1, 0.15) is 34.3 Å². The Hall–Kier alpha value is -3.19. The van der Waals surface area contributed by atoms with Crippen LogP contribution in [0.4, 0.5) is 5.82 Å². The van der Waals surface area contributed by atoms with E-state index in [1.165, 1.54) is 11.6 Å². The Balaban J connectivity index is 1.50. The highest BCUT2D eigenvalue weighted by molar-refractivity contribution is 5.94. The highest BCUT2D eigenvalue weighted by atomic mass is 16.5. The van der Waals surface area contributed by atoms with E-state index in [9.17, 15) is 9.59 Å². The van der Waals surface area contributed by atoms with E-state index in [-0.39, 0.29) is 11.9 Å². The number of hydrogen-bond acceptors (Lipinski definition) is 5. The number of rotatable bonds is 5. The summed E-state index contributed by atoms with van der Waals surface area (Å²) in [4.78, 5) is 29.8. The van der Waals surface area contributed by atoms with Crippen molar-refractivity contribution in [2.45, 2.75) is 25.8 Å². The summed E-state index contributed by atoms with van der Waals surface area (Å²) in [5.74, 6) is 0.251. The summed E-state index contributed by atoms with van der Waals surface area (Å²) in [6, 6.07) is 11.6. The largest absolute Gasteiger partial charge is 0.367 e. The first-order chi connectivity index (χ1) is 13.5. The molecule has 0 radical (unpaired) electrons. The van der Waals surface area contributed by atoms with Gasteiger partial charge in [0.2, 0.25) is 0 Å². The van der Waals surface area contributed by atoms with Gasteiger partial charge in [0.25, 0.3) is 11.8 Å². The zero-order chi connectivity index (χ0) is 19.9. The number of pyridine rings is 1. The number of anilines is 1. The van der Waals surface area contributed by atoms with Gasteiger partial charge in [-0.05, 0) is 55.7 Å². The molecule has 1 aromatic carbocycles. The molecule has 1 fully saturated rings. The highest BCUT2D eigenvalue weighted by Gasteiger charge is 2.23. The van der Waals surface area contributed by atoms with Crippen molar-refractivity contribution < 1.29 is 14.8 Å². The monoisotopic (exact) mass is 380 g/mol. The first-order valence-corrected chi connectivity index (χ1v) is 9.26. The average molecular weight is 380 g/mol. The fourth-order valence-corrected chi connectivity index (χ4v) is 3.11. The van der Waals surface area contributed by atoms with E-state index in [0.717, 1.165) is 35.3 Å². The van der Waals surface area contributed by atoms with E-state index in [2.05, 4.69) is 10.3 Å². The standard InChI is InChI=1S/C21H24N4O3/c1-15-2-6-17(7-3-15)21(27)25-12-10-18(11-13-25)23-19-8-4-16(14-22-19)5-9-20(26)24-28/h2-9,14,18,28H,10-13H2,1H3,(H,22,23)(H,24,26). The summed E-state index contributed by atoms with van der Waals surface area (Å²) in [5, 5.41) is 11.9. The number of amides is 2. The molecule has 3 N–H and O–H groups in total. The van der Waals surface area contributed by atoms with E-state index in [0.29, 0.717) is 13.1 Å². The molecule has 7 heteroatoms. The fourth-order valence-electron chi connectivity index (χ4n) is 3.11. The minimum absolute atomic E-state index is 0.0830. The van der Waals surface area contributed by atoms with Gasteiger partial charge in [0.15, 0.2) is 0 Å². The summed E-state index contributed by atoms with van der Waals surface area (Å²) in [6.45, 7) is 3.43. The molecule has 1 aromatic heterocycles. The summed E-state index contributed by atoms with van der Waals surface area (Å²) >= 11 is 0. The third-order valence-electron chi connectivity index (χ3n) is 4.76. The predicted molar refractivity (Wildman–Crippen MR) is 107 cm³/mol. The van der Waals surface area contributed by atoms with Gasteiger partial charge in [-0.25, -0.2) is 10.5 Å². The summed E-state index contributed by atoms with van der Waals surface area (Å²) in [5.41, 5.74) is 4.17. The molecule has 0 aliphatic carbocycles. The van der Waals surface area contributed by atoms with Crippen LogP contribution >= 0.6 is 0 Å². The minimum Gasteiger partial charge on any atom is -0.367 e. The SMILES string of the molecule is Cc1ccc(C(=O)N2CCC(Nc3ccc(C=CC(=O)NO)cn3)CC2)cc1. The first kappa shape index (κ1) is 19.6. The minimum atomic E-state index is -0.589. The van der Waals surface area contributed by atoms with Crippen LogP contribution in [-0.2, 0) is 4.79 Å². The van der Waals surface area contributed by atoms with Crippen LogP contribution in [0.25, 0.3) is 6.08 Å². The van der Waals surface area contributed by atoms with Gasteiger partial charge in [-0.1, -0.05) is 17.7 Å². The lowest BCUT2D eigenvalue weighted by Gasteiger charge is -2.32. The zero-order valence-electron chi connectivity index (χ0n) is 15.8. The van der Waals surface area contributed by atoms with Gasteiger partial charge < -0.3 is 10.2 Å². The lowest BCUT2D eigenvalue weighted by atomic mass is 10.0. The maximum Gasteiger partial charge on any atom is 0.267 e. The molecule has 28 heavy (non-hydrogen) atoms. The molecule has 0 bridgehead atoms. The number of aryl methyl sites for hydroxylation is 1. The fraction of sp³-hybridized carbons (Fsp3) is 0.286. The van der Waals surface area contributed by atoms with Gasteiger partial charge in [0.1, 0.15) is 5.82 Å². The van der Waals surface area contributed by atoms with E-state index in [1.54, 1.807) is 12.3 Å². The molecule has 2 amide bonds. The Morgan fingerprint density at radius 3 is 2.46 bits per heavy atom. The van der Waals surface area contributed by atoms with Gasteiger partial charge >= 0.3 is 0 Å². The van der Waals surface area contributed by atoms with Crippen molar-refractivity contribution in [1.82, 2.24) is 15.4 Å². The smallest absolute Gasteiger partial charge is 0.267 e. The number of hydrogen-bond donors (Lipinski definition) is 3. The zero-order valence-corrected chi connectivity index (χ0v) is 15.8. The second kappa shape index (κ2) is 9.14. The summed E-state index contributed by atoms with van der Waals surface area (Å²) in [6.07, 6.45) is 6.16. The molecule has 0 unspecified atom stereocenters. The lowest BCUT2D eigenvalue weighted by Crippen LogP contribution is -2.42. The van der Waals surface area contributed by atoms with Crippen molar-refractivity contribution in [3.63, 3.8) is 0 Å². The highest BCUT2D eigenvalue weighted by Crippen LogP contribution is 2.18. The third-order valence-corrected chi connectivity index (χ3v) is 4.76. The lowest BCUT2D eigenvalue weighted by molar-refractivity contribution is -0.124. The Labute approximate surface area is 164 Å². The molecule has 2 aromatic rings. The number of hydroxylamine groups is 1. The summed E-state index contributed by atoms with van der Waals surface area (Å²) < 4.78 is 0. The van der Waals surface area contributed by atoms with Crippen LogP contribution in [0, 0.1) is 6.92 Å². The second-order valence-corrected chi connectivity index (χ2v) is 6.86. The van der Waals surface area contributed by atoms with E-state index >= 15 is 0 Å². The first-order valence-electron chi connectivity index (χ1n) is 9.26. The van der Waals surface area contributed by atoms with Crippen molar-refractivity contribution >= 4 is 23.7 Å². The van der Waals surface area contributed by atoms with Crippen LogP contribution in [0.2, 0.25) is 0 Å². The van der Waals surface area contributed by atoms with E-state index < -0.39 is 5.91 Å². The van der Waals surface area contributed by atoms with Crippen molar-refractivity contribution in [3.8, 4) is 0 Å². The van der Waals surface area contributed by atoms with Gasteiger partial charge in [0.05, 0.1) is 0 Å². The molecule has 0 saturated carbocycles. The van der Waals surface area contributed by atoms with Crippen LogP contribution in [0.5, 0.6) is 0 Å². The molecular weight excluding hydrogens is 356 g/mol. The molecule has 1 aliphatic heterocycles. The molecule has 7 nitrogen and oxygen atoms in total. The van der Waals surface area contributed by atoms with E-state index in [4.69, 9.17) is 5.21 Å². The van der Waals surface area contributed by atoms with Gasteiger partial charge in [-0.2, -0.15) is 0 Å². The van der Waals surface area contributed by atoms with Gasteiger partial charge in [-0.3, -0.25) is 14.8 Å². The Morgan fingerprint density at radius 2 is 1.86 bits per heavy atom. The molecule has 1 saturated heterocycles. The predicted octanol–water partition coefficient (Wildman–Crippen LogP) is 2.63. The molecule has 0 atom stereocenters. The maximum atomic E-state index is 12.6. The Morgan fingerprint density at radius 1 is 1.14 bits per heavy atom.